The molecular formula is C16H14N2O6. The summed E-state index contributed by atoms with van der Waals surface area (Å²) in [5, 5.41) is 21.7. The highest BCUT2D eigenvalue weighted by Crippen LogP contribution is 2.25. The van der Waals surface area contributed by atoms with E-state index >= 15 is 0 Å². The van der Waals surface area contributed by atoms with Gasteiger partial charge in [-0.2, -0.15) is 0 Å². The molecule has 0 saturated heterocycles. The van der Waals surface area contributed by atoms with Gasteiger partial charge in [0, 0.05) is 18.2 Å². The number of benzene rings is 2. The molecule has 2 aromatic carbocycles. The predicted octanol–water partition coefficient (Wildman–Crippen LogP) is 2.59. The van der Waals surface area contributed by atoms with Crippen molar-refractivity contribution in [3.8, 4) is 11.5 Å². The van der Waals surface area contributed by atoms with Crippen LogP contribution in [0, 0.1) is 10.1 Å². The van der Waals surface area contributed by atoms with Crippen LogP contribution in [0.25, 0.3) is 0 Å². The molecule has 0 unspecified atom stereocenters. The SMILES string of the molecule is O=C(O)CCNC(=O)c1ccc(Oc2cccc([N+](=O)[O-])c2)cc1. The number of non-ortho nitro benzene ring substituents is 1. The van der Waals surface area contributed by atoms with E-state index in [1.165, 1.54) is 30.3 Å². The number of carboxylic acid groups (broad SMARTS) is 1. The van der Waals surface area contributed by atoms with Crippen molar-refractivity contribution in [2.24, 2.45) is 0 Å². The summed E-state index contributed by atoms with van der Waals surface area (Å²) in [6.07, 6.45) is -0.153. The highest BCUT2D eigenvalue weighted by Gasteiger charge is 2.09. The van der Waals surface area contributed by atoms with E-state index in [0.717, 1.165) is 0 Å². The highest BCUT2D eigenvalue weighted by atomic mass is 16.6. The second kappa shape index (κ2) is 7.73. The molecule has 2 rings (SSSR count). The number of carboxylic acids is 1. The Morgan fingerprint density at radius 2 is 1.83 bits per heavy atom. The van der Waals surface area contributed by atoms with Crippen molar-refractivity contribution in [1.82, 2.24) is 5.32 Å². The maximum atomic E-state index is 11.8. The lowest BCUT2D eigenvalue weighted by Gasteiger charge is -2.07. The maximum absolute atomic E-state index is 11.8. The first-order chi connectivity index (χ1) is 11.5. The summed E-state index contributed by atoms with van der Waals surface area (Å²) in [5.74, 6) is -0.658. The van der Waals surface area contributed by atoms with Gasteiger partial charge in [-0.1, -0.05) is 6.07 Å². The van der Waals surface area contributed by atoms with Crippen molar-refractivity contribution in [2.45, 2.75) is 6.42 Å². The predicted molar refractivity (Wildman–Crippen MR) is 84.2 cm³/mol. The van der Waals surface area contributed by atoms with E-state index in [2.05, 4.69) is 5.32 Å². The van der Waals surface area contributed by atoms with Crippen LogP contribution in [0.1, 0.15) is 16.8 Å². The van der Waals surface area contributed by atoms with Gasteiger partial charge in [-0.25, -0.2) is 0 Å². The van der Waals surface area contributed by atoms with Crippen LogP contribution in [0.2, 0.25) is 0 Å². The number of hydrogen-bond acceptors (Lipinski definition) is 5. The third-order valence-electron chi connectivity index (χ3n) is 3.01. The monoisotopic (exact) mass is 330 g/mol. The number of nitro benzene ring substituents is 1. The van der Waals surface area contributed by atoms with E-state index in [-0.39, 0.29) is 18.7 Å². The van der Waals surface area contributed by atoms with Crippen molar-refractivity contribution < 1.29 is 24.4 Å². The van der Waals surface area contributed by atoms with Crippen LogP contribution in [0.5, 0.6) is 11.5 Å². The molecule has 124 valence electrons. The van der Waals surface area contributed by atoms with Crippen molar-refractivity contribution in [3.05, 3.63) is 64.2 Å². The number of nitrogens with one attached hydrogen (secondary N) is 1. The van der Waals surface area contributed by atoms with Gasteiger partial charge in [-0.05, 0) is 30.3 Å². The zero-order valence-corrected chi connectivity index (χ0v) is 12.5. The van der Waals surface area contributed by atoms with E-state index in [0.29, 0.717) is 17.1 Å². The minimum absolute atomic E-state index is 0.0418. The number of carbonyl (C=O) groups is 2. The molecule has 0 aliphatic carbocycles. The Morgan fingerprint density at radius 3 is 2.46 bits per heavy atom. The van der Waals surface area contributed by atoms with Crippen LogP contribution < -0.4 is 10.1 Å². The molecule has 0 fully saturated rings. The van der Waals surface area contributed by atoms with Gasteiger partial charge in [0.1, 0.15) is 11.5 Å². The summed E-state index contributed by atoms with van der Waals surface area (Å²) >= 11 is 0. The fourth-order valence-electron chi connectivity index (χ4n) is 1.86. The zero-order chi connectivity index (χ0) is 17.5. The number of ether oxygens (including phenoxy) is 1. The van der Waals surface area contributed by atoms with Gasteiger partial charge in [0.15, 0.2) is 0 Å². The molecule has 0 spiro atoms. The smallest absolute Gasteiger partial charge is 0.305 e. The Morgan fingerprint density at radius 1 is 1.12 bits per heavy atom. The molecule has 8 heteroatoms. The number of nitrogens with zero attached hydrogens (tertiary/aromatic N) is 1. The number of hydrogen-bond donors (Lipinski definition) is 2. The van der Waals surface area contributed by atoms with Gasteiger partial charge in [0.25, 0.3) is 11.6 Å². The molecule has 1 amide bonds. The normalized spacial score (nSPS) is 10.0. The van der Waals surface area contributed by atoms with Crippen LogP contribution in [0.4, 0.5) is 5.69 Å². The summed E-state index contributed by atoms with van der Waals surface area (Å²) in [5.41, 5.74) is 0.272. The average molecular weight is 330 g/mol. The molecule has 0 aromatic heterocycles. The molecular weight excluding hydrogens is 316 g/mol. The molecule has 0 saturated carbocycles. The van der Waals surface area contributed by atoms with Crippen molar-refractivity contribution >= 4 is 17.6 Å². The Hall–Kier alpha value is -3.42. The number of rotatable bonds is 7. The third-order valence-corrected chi connectivity index (χ3v) is 3.01. The van der Waals surface area contributed by atoms with Gasteiger partial charge in [0.2, 0.25) is 0 Å². The second-order valence-corrected chi connectivity index (χ2v) is 4.78. The van der Waals surface area contributed by atoms with Crippen molar-refractivity contribution in [3.63, 3.8) is 0 Å². The zero-order valence-electron chi connectivity index (χ0n) is 12.5. The number of aliphatic carboxylic acids is 1. The minimum Gasteiger partial charge on any atom is -0.481 e. The number of carbonyl (C=O) groups excluding carboxylic acids is 1. The van der Waals surface area contributed by atoms with E-state index in [1.807, 2.05) is 0 Å². The topological polar surface area (TPSA) is 119 Å². The Balaban J connectivity index is 1.99. The quantitative estimate of drug-likeness (QED) is 0.595. The van der Waals surface area contributed by atoms with E-state index in [9.17, 15) is 19.7 Å². The lowest BCUT2D eigenvalue weighted by Crippen LogP contribution is -2.25. The first-order valence-corrected chi connectivity index (χ1v) is 6.98. The maximum Gasteiger partial charge on any atom is 0.305 e. The van der Waals surface area contributed by atoms with Gasteiger partial charge < -0.3 is 15.2 Å². The highest BCUT2D eigenvalue weighted by molar-refractivity contribution is 5.94. The summed E-state index contributed by atoms with van der Waals surface area (Å²) in [6.45, 7) is 0.0418. The standard InChI is InChI=1S/C16H14N2O6/c19-15(20)8-9-17-16(21)11-4-6-13(7-5-11)24-14-3-1-2-12(10-14)18(22)23/h1-7,10H,8-9H2,(H,17,21)(H,19,20). The first-order valence-electron chi connectivity index (χ1n) is 6.98. The molecule has 2 aromatic rings. The summed E-state index contributed by atoms with van der Waals surface area (Å²) in [4.78, 5) is 32.4. The van der Waals surface area contributed by atoms with E-state index < -0.39 is 16.8 Å². The van der Waals surface area contributed by atoms with Gasteiger partial charge >= 0.3 is 5.97 Å². The molecule has 0 heterocycles. The van der Waals surface area contributed by atoms with Crippen LogP contribution in [-0.4, -0.2) is 28.5 Å². The molecule has 0 aliphatic heterocycles. The van der Waals surface area contributed by atoms with E-state index in [4.69, 9.17) is 9.84 Å². The van der Waals surface area contributed by atoms with Gasteiger partial charge in [0.05, 0.1) is 17.4 Å². The lowest BCUT2D eigenvalue weighted by atomic mass is 10.2. The summed E-state index contributed by atoms with van der Waals surface area (Å²) in [7, 11) is 0. The molecule has 0 bridgehead atoms. The summed E-state index contributed by atoms with van der Waals surface area (Å²) < 4.78 is 5.50. The average Bonchev–Trinajstić information content (AvgIpc) is 2.55. The second-order valence-electron chi connectivity index (χ2n) is 4.78. The fraction of sp³-hybridized carbons (Fsp3) is 0.125. The van der Waals surface area contributed by atoms with E-state index in [1.54, 1.807) is 18.2 Å². The Bertz CT molecular complexity index is 757. The number of nitro groups is 1. The summed E-state index contributed by atoms with van der Waals surface area (Å²) in [6, 6.07) is 11.9. The molecule has 24 heavy (non-hydrogen) atoms. The molecule has 0 radical (unpaired) electrons. The van der Waals surface area contributed by atoms with Crippen molar-refractivity contribution in [1.29, 1.82) is 0 Å². The minimum atomic E-state index is -0.990. The third kappa shape index (κ3) is 4.80. The van der Waals surface area contributed by atoms with Crippen LogP contribution >= 0.6 is 0 Å². The van der Waals surface area contributed by atoms with Crippen LogP contribution in [0.3, 0.4) is 0 Å². The van der Waals surface area contributed by atoms with Crippen LogP contribution in [-0.2, 0) is 4.79 Å². The lowest BCUT2D eigenvalue weighted by molar-refractivity contribution is -0.384. The Kier molecular flexibility index (Phi) is 5.45. The largest absolute Gasteiger partial charge is 0.481 e. The molecule has 0 aliphatic rings. The fourth-order valence-corrected chi connectivity index (χ4v) is 1.86. The molecule has 0 atom stereocenters. The number of amides is 1. The van der Waals surface area contributed by atoms with Crippen LogP contribution in [0.15, 0.2) is 48.5 Å². The van der Waals surface area contributed by atoms with Crippen molar-refractivity contribution in [2.75, 3.05) is 6.54 Å². The first kappa shape index (κ1) is 16.9. The molecule has 8 nitrogen and oxygen atoms in total. The van der Waals surface area contributed by atoms with Gasteiger partial charge in [-0.3, -0.25) is 19.7 Å². The Labute approximate surface area is 136 Å². The molecule has 2 N–H and O–H groups in total. The van der Waals surface area contributed by atoms with Gasteiger partial charge in [-0.15, -0.1) is 0 Å².